The van der Waals surface area contributed by atoms with E-state index in [-0.39, 0.29) is 12.1 Å². The molecule has 1 atom stereocenters. The third kappa shape index (κ3) is 4.54. The summed E-state index contributed by atoms with van der Waals surface area (Å²) in [7, 11) is 0. The summed E-state index contributed by atoms with van der Waals surface area (Å²) in [6, 6.07) is 10.1. The maximum absolute atomic E-state index is 12.9. The van der Waals surface area contributed by atoms with Crippen molar-refractivity contribution >= 4 is 11.8 Å². The lowest BCUT2D eigenvalue weighted by atomic mass is 9.95. The van der Waals surface area contributed by atoms with E-state index in [0.717, 1.165) is 37.3 Å². The molecule has 1 fully saturated rings. The Kier molecular flexibility index (Phi) is 5.33. The van der Waals surface area contributed by atoms with Crippen molar-refractivity contribution in [2.45, 2.75) is 58.1 Å². The SMILES string of the molecule is CC(C)(C)OC(=O)N(Nc1ccccc1)C1=CCCN2CCCCC12. The molecule has 1 N–H and O–H groups in total. The molecule has 5 nitrogen and oxygen atoms in total. The highest BCUT2D eigenvalue weighted by Crippen LogP contribution is 2.30. The van der Waals surface area contributed by atoms with Crippen LogP contribution >= 0.6 is 0 Å². The summed E-state index contributed by atoms with van der Waals surface area (Å²) in [6.45, 7) is 7.87. The molecule has 0 aromatic heterocycles. The van der Waals surface area contributed by atoms with Crippen molar-refractivity contribution in [2.24, 2.45) is 0 Å². The highest BCUT2D eigenvalue weighted by atomic mass is 16.6. The van der Waals surface area contributed by atoms with E-state index in [4.69, 9.17) is 4.74 Å². The third-order valence-electron chi connectivity index (χ3n) is 4.57. The van der Waals surface area contributed by atoms with Crippen molar-refractivity contribution in [1.29, 1.82) is 0 Å². The van der Waals surface area contributed by atoms with E-state index in [0.29, 0.717) is 0 Å². The second-order valence-corrected chi connectivity index (χ2v) is 7.76. The van der Waals surface area contributed by atoms with Gasteiger partial charge in [0.05, 0.1) is 17.4 Å². The molecule has 0 aliphatic carbocycles. The normalized spacial score (nSPS) is 21.1. The first-order valence-corrected chi connectivity index (χ1v) is 9.23. The number of carbonyl (C=O) groups is 1. The number of hydrazine groups is 1. The standard InChI is InChI=1S/C20H29N3O2/c1-20(2,3)25-19(24)23(21-16-10-5-4-6-11-16)18-13-9-15-22-14-8-7-12-17(18)22/h4-6,10-11,13,17,21H,7-9,12,14-15H2,1-3H3. The zero-order chi connectivity index (χ0) is 17.9. The fourth-order valence-electron chi connectivity index (χ4n) is 3.51. The summed E-state index contributed by atoms with van der Waals surface area (Å²) in [4.78, 5) is 15.4. The van der Waals surface area contributed by atoms with E-state index in [1.54, 1.807) is 5.01 Å². The van der Waals surface area contributed by atoms with Gasteiger partial charge in [0.25, 0.3) is 0 Å². The molecule has 0 spiro atoms. The minimum absolute atomic E-state index is 0.284. The number of para-hydroxylation sites is 1. The molecule has 136 valence electrons. The molecule has 2 heterocycles. The lowest BCUT2D eigenvalue weighted by Crippen LogP contribution is -2.51. The van der Waals surface area contributed by atoms with E-state index < -0.39 is 5.60 Å². The van der Waals surface area contributed by atoms with E-state index in [2.05, 4.69) is 16.4 Å². The number of carbonyl (C=O) groups excluding carboxylic acids is 1. The van der Waals surface area contributed by atoms with Gasteiger partial charge in [-0.1, -0.05) is 30.7 Å². The molecule has 1 aromatic carbocycles. The molecule has 1 saturated heterocycles. The van der Waals surface area contributed by atoms with Crippen molar-refractivity contribution in [3.8, 4) is 0 Å². The van der Waals surface area contributed by atoms with Crippen LogP contribution in [0, 0.1) is 0 Å². The molecule has 5 heteroatoms. The van der Waals surface area contributed by atoms with Crippen LogP contribution in [-0.4, -0.2) is 40.7 Å². The van der Waals surface area contributed by atoms with Crippen LogP contribution in [0.25, 0.3) is 0 Å². The molecule has 1 amide bonds. The fraction of sp³-hybridized carbons (Fsp3) is 0.550. The number of hydrogen-bond acceptors (Lipinski definition) is 4. The highest BCUT2D eigenvalue weighted by Gasteiger charge is 2.35. The van der Waals surface area contributed by atoms with Gasteiger partial charge in [0.15, 0.2) is 0 Å². The Balaban J connectivity index is 1.87. The van der Waals surface area contributed by atoms with Crippen molar-refractivity contribution in [1.82, 2.24) is 9.91 Å². The number of ether oxygens (including phenoxy) is 1. The minimum Gasteiger partial charge on any atom is -0.442 e. The lowest BCUT2D eigenvalue weighted by Gasteiger charge is -2.43. The fourth-order valence-corrected chi connectivity index (χ4v) is 3.51. The van der Waals surface area contributed by atoms with Gasteiger partial charge < -0.3 is 4.74 Å². The number of rotatable bonds is 3. The number of anilines is 1. The third-order valence-corrected chi connectivity index (χ3v) is 4.57. The Hall–Kier alpha value is -2.01. The van der Waals surface area contributed by atoms with Gasteiger partial charge in [0.1, 0.15) is 5.60 Å². The second kappa shape index (κ2) is 7.48. The Morgan fingerprint density at radius 2 is 1.96 bits per heavy atom. The molecule has 2 aliphatic heterocycles. The zero-order valence-corrected chi connectivity index (χ0v) is 15.5. The number of hydrogen-bond donors (Lipinski definition) is 1. The van der Waals surface area contributed by atoms with Gasteiger partial charge in [-0.2, -0.15) is 5.01 Å². The average molecular weight is 343 g/mol. The summed E-state index contributed by atoms with van der Waals surface area (Å²) >= 11 is 0. The molecule has 3 rings (SSSR count). The number of benzene rings is 1. The lowest BCUT2D eigenvalue weighted by molar-refractivity contribution is 0.0296. The van der Waals surface area contributed by atoms with Crippen LogP contribution in [0.3, 0.4) is 0 Å². The maximum atomic E-state index is 12.9. The van der Waals surface area contributed by atoms with Crippen molar-refractivity contribution in [2.75, 3.05) is 18.5 Å². The largest absolute Gasteiger partial charge is 0.442 e. The zero-order valence-electron chi connectivity index (χ0n) is 15.5. The average Bonchev–Trinajstić information content (AvgIpc) is 2.59. The molecule has 2 aliphatic rings. The number of amides is 1. The second-order valence-electron chi connectivity index (χ2n) is 7.76. The quantitative estimate of drug-likeness (QED) is 0.827. The molecule has 0 saturated carbocycles. The first-order chi connectivity index (χ1) is 11.9. The van der Waals surface area contributed by atoms with Crippen LogP contribution in [0.5, 0.6) is 0 Å². The van der Waals surface area contributed by atoms with Crippen LogP contribution in [-0.2, 0) is 4.74 Å². The molecule has 1 unspecified atom stereocenters. The van der Waals surface area contributed by atoms with E-state index in [1.807, 2.05) is 51.1 Å². The van der Waals surface area contributed by atoms with Gasteiger partial charge in [-0.15, -0.1) is 0 Å². The monoisotopic (exact) mass is 343 g/mol. The summed E-state index contributed by atoms with van der Waals surface area (Å²) in [6.07, 6.45) is 6.32. The Morgan fingerprint density at radius 1 is 1.20 bits per heavy atom. The summed E-state index contributed by atoms with van der Waals surface area (Å²) in [5.41, 5.74) is 4.63. The Bertz CT molecular complexity index is 622. The number of nitrogens with zero attached hydrogens (tertiary/aromatic N) is 2. The molecule has 1 aromatic rings. The summed E-state index contributed by atoms with van der Waals surface area (Å²) in [5.74, 6) is 0. The Morgan fingerprint density at radius 3 is 2.68 bits per heavy atom. The number of fused-ring (bicyclic) bond motifs is 1. The number of piperidine rings is 1. The summed E-state index contributed by atoms with van der Waals surface area (Å²) in [5, 5.41) is 1.61. The number of nitrogens with one attached hydrogen (secondary N) is 1. The maximum Gasteiger partial charge on any atom is 0.433 e. The van der Waals surface area contributed by atoms with Gasteiger partial charge in [-0.3, -0.25) is 10.3 Å². The molecule has 0 bridgehead atoms. The van der Waals surface area contributed by atoms with Gasteiger partial charge in [0.2, 0.25) is 0 Å². The van der Waals surface area contributed by atoms with Crippen LogP contribution in [0.1, 0.15) is 46.5 Å². The Labute approximate surface area is 150 Å². The first-order valence-electron chi connectivity index (χ1n) is 9.23. The van der Waals surface area contributed by atoms with Crippen molar-refractivity contribution in [3.05, 3.63) is 42.1 Å². The molecular formula is C20H29N3O2. The van der Waals surface area contributed by atoms with E-state index in [1.165, 1.54) is 12.8 Å². The smallest absolute Gasteiger partial charge is 0.433 e. The predicted octanol–water partition coefficient (Wildman–Crippen LogP) is 4.39. The first kappa shape index (κ1) is 17.8. The predicted molar refractivity (Wildman–Crippen MR) is 100 cm³/mol. The van der Waals surface area contributed by atoms with Crippen molar-refractivity contribution in [3.63, 3.8) is 0 Å². The van der Waals surface area contributed by atoms with Crippen LogP contribution in [0.4, 0.5) is 10.5 Å². The van der Waals surface area contributed by atoms with Gasteiger partial charge in [-0.05, 0) is 58.7 Å². The molecule has 25 heavy (non-hydrogen) atoms. The van der Waals surface area contributed by atoms with Crippen LogP contribution in [0.2, 0.25) is 0 Å². The minimum atomic E-state index is -0.533. The van der Waals surface area contributed by atoms with Gasteiger partial charge in [-0.25, -0.2) is 4.79 Å². The molecular weight excluding hydrogens is 314 g/mol. The summed E-state index contributed by atoms with van der Waals surface area (Å²) < 4.78 is 5.67. The van der Waals surface area contributed by atoms with E-state index in [9.17, 15) is 4.79 Å². The topological polar surface area (TPSA) is 44.8 Å². The van der Waals surface area contributed by atoms with Gasteiger partial charge >= 0.3 is 6.09 Å². The highest BCUT2D eigenvalue weighted by molar-refractivity contribution is 5.73. The molecule has 0 radical (unpaired) electrons. The van der Waals surface area contributed by atoms with Gasteiger partial charge in [0, 0.05) is 6.54 Å². The van der Waals surface area contributed by atoms with Crippen LogP contribution in [0.15, 0.2) is 42.1 Å². The van der Waals surface area contributed by atoms with Crippen LogP contribution < -0.4 is 5.43 Å². The van der Waals surface area contributed by atoms with Crippen molar-refractivity contribution < 1.29 is 9.53 Å². The van der Waals surface area contributed by atoms with E-state index >= 15 is 0 Å².